The lowest BCUT2D eigenvalue weighted by atomic mass is 9.66. The molecule has 2 aliphatic rings. The van der Waals surface area contributed by atoms with Crippen LogP contribution in [0.15, 0.2) is 170 Å². The highest BCUT2D eigenvalue weighted by molar-refractivity contribution is 5.99. The number of aromatic nitrogens is 1. The highest BCUT2D eigenvalue weighted by atomic mass is 14.7. The molecule has 0 saturated carbocycles. The first-order chi connectivity index (χ1) is 21.3. The summed E-state index contributed by atoms with van der Waals surface area (Å²) in [5.41, 5.74) is 14.8. The lowest BCUT2D eigenvalue weighted by molar-refractivity contribution is 0.759. The van der Waals surface area contributed by atoms with Gasteiger partial charge in [0.1, 0.15) is 0 Å². The summed E-state index contributed by atoms with van der Waals surface area (Å²) in [7, 11) is 0. The van der Waals surface area contributed by atoms with E-state index in [9.17, 15) is 0 Å². The zero-order valence-corrected chi connectivity index (χ0v) is 23.9. The average Bonchev–Trinajstić information content (AvgIpc) is 3.39. The summed E-state index contributed by atoms with van der Waals surface area (Å²) in [6, 6.07) is 53.0. The number of rotatable bonds is 5. The fraction of sp³-hybridized carbons (Fsp3) is 0.0714. The van der Waals surface area contributed by atoms with Crippen molar-refractivity contribution in [3.8, 4) is 33.5 Å². The SMILES string of the molecule is C1=C2C(=CCC1)C(c1ccccc1)(c1ccccc1)c1cc(-c3ccc(-c4ccccn4)cc3)c(-c3ccccc3)cc12. The molecule has 0 spiro atoms. The van der Waals surface area contributed by atoms with Crippen LogP contribution in [-0.2, 0) is 5.41 Å². The molecule has 0 unspecified atom stereocenters. The maximum absolute atomic E-state index is 4.58. The minimum Gasteiger partial charge on any atom is -0.256 e. The van der Waals surface area contributed by atoms with Gasteiger partial charge in [-0.25, -0.2) is 0 Å². The first-order valence-electron chi connectivity index (χ1n) is 15.1. The van der Waals surface area contributed by atoms with Crippen molar-refractivity contribution >= 4 is 5.57 Å². The van der Waals surface area contributed by atoms with Gasteiger partial charge in [0.05, 0.1) is 11.1 Å². The Balaban J connectivity index is 1.43. The maximum Gasteiger partial charge on any atom is 0.0710 e. The first kappa shape index (κ1) is 25.4. The van der Waals surface area contributed by atoms with Gasteiger partial charge in [-0.2, -0.15) is 0 Å². The van der Waals surface area contributed by atoms with E-state index in [2.05, 4.69) is 151 Å². The molecule has 0 bridgehead atoms. The third kappa shape index (κ3) is 4.12. The lowest BCUT2D eigenvalue weighted by Gasteiger charge is -2.35. The lowest BCUT2D eigenvalue weighted by Crippen LogP contribution is -2.29. The molecule has 0 amide bonds. The predicted molar refractivity (Wildman–Crippen MR) is 179 cm³/mol. The minimum atomic E-state index is -0.387. The second-order valence-corrected chi connectivity index (χ2v) is 11.4. The largest absolute Gasteiger partial charge is 0.256 e. The van der Waals surface area contributed by atoms with Crippen LogP contribution < -0.4 is 0 Å². The molecule has 2 aliphatic carbocycles. The van der Waals surface area contributed by atoms with Gasteiger partial charge in [-0.3, -0.25) is 4.98 Å². The third-order valence-corrected chi connectivity index (χ3v) is 9.06. The molecule has 1 heterocycles. The smallest absolute Gasteiger partial charge is 0.0710 e. The Morgan fingerprint density at radius 2 is 1.02 bits per heavy atom. The normalized spacial score (nSPS) is 14.8. The van der Waals surface area contributed by atoms with Gasteiger partial charge < -0.3 is 0 Å². The molecule has 8 rings (SSSR count). The summed E-state index contributed by atoms with van der Waals surface area (Å²) in [6.07, 6.45) is 8.94. The number of nitrogens with zero attached hydrogens (tertiary/aromatic N) is 1. The standard InChI is InChI=1S/C42H31N/c1-4-14-30(15-5-1)36-28-38-35-20-10-11-21-39(35)42(33-16-6-2-7-17-33,34-18-8-3-9-19-34)40(38)29-37(36)31-23-25-32(26-24-31)41-22-12-13-27-43-41/h1-9,12-29H,10-11H2. The van der Waals surface area contributed by atoms with Crippen molar-refractivity contribution in [3.63, 3.8) is 0 Å². The van der Waals surface area contributed by atoms with Gasteiger partial charge in [0, 0.05) is 11.8 Å². The van der Waals surface area contributed by atoms with Gasteiger partial charge in [-0.15, -0.1) is 0 Å². The molecule has 1 aromatic heterocycles. The van der Waals surface area contributed by atoms with Crippen LogP contribution in [0.2, 0.25) is 0 Å². The van der Waals surface area contributed by atoms with Gasteiger partial charge in [0.25, 0.3) is 0 Å². The van der Waals surface area contributed by atoms with Gasteiger partial charge in [-0.05, 0) is 92.8 Å². The molecule has 5 aromatic carbocycles. The van der Waals surface area contributed by atoms with Crippen molar-refractivity contribution in [2.45, 2.75) is 18.3 Å². The van der Waals surface area contributed by atoms with E-state index in [0.717, 1.165) is 24.1 Å². The van der Waals surface area contributed by atoms with E-state index >= 15 is 0 Å². The van der Waals surface area contributed by atoms with Crippen LogP contribution in [0.1, 0.15) is 35.1 Å². The van der Waals surface area contributed by atoms with Crippen LogP contribution in [0.3, 0.4) is 0 Å². The van der Waals surface area contributed by atoms with Crippen molar-refractivity contribution in [1.82, 2.24) is 4.98 Å². The van der Waals surface area contributed by atoms with Crippen molar-refractivity contribution < 1.29 is 0 Å². The van der Waals surface area contributed by atoms with E-state index in [1.54, 1.807) is 0 Å². The summed E-state index contributed by atoms with van der Waals surface area (Å²) in [5, 5.41) is 0. The topological polar surface area (TPSA) is 12.9 Å². The van der Waals surface area contributed by atoms with Crippen LogP contribution in [0.25, 0.3) is 39.1 Å². The fourth-order valence-electron chi connectivity index (χ4n) is 7.18. The third-order valence-electron chi connectivity index (χ3n) is 9.06. The summed E-state index contributed by atoms with van der Waals surface area (Å²) < 4.78 is 0. The molecular weight excluding hydrogens is 518 g/mol. The van der Waals surface area contributed by atoms with Gasteiger partial charge in [-0.1, -0.05) is 133 Å². The van der Waals surface area contributed by atoms with Gasteiger partial charge >= 0.3 is 0 Å². The molecule has 1 nitrogen and oxygen atoms in total. The van der Waals surface area contributed by atoms with E-state index in [-0.39, 0.29) is 5.41 Å². The second-order valence-electron chi connectivity index (χ2n) is 11.4. The van der Waals surface area contributed by atoms with Gasteiger partial charge in [0.15, 0.2) is 0 Å². The molecule has 204 valence electrons. The Morgan fingerprint density at radius 3 is 1.67 bits per heavy atom. The van der Waals surface area contributed by atoms with Gasteiger partial charge in [0.2, 0.25) is 0 Å². The molecule has 6 aromatic rings. The van der Waals surface area contributed by atoms with E-state index < -0.39 is 0 Å². The Hall–Kier alpha value is -5.27. The second kappa shape index (κ2) is 10.5. The van der Waals surface area contributed by atoms with E-state index in [1.165, 1.54) is 55.7 Å². The zero-order valence-electron chi connectivity index (χ0n) is 23.9. The van der Waals surface area contributed by atoms with E-state index in [1.807, 2.05) is 18.3 Å². The summed E-state index contributed by atoms with van der Waals surface area (Å²) in [5.74, 6) is 0. The number of fused-ring (bicyclic) bond motifs is 3. The van der Waals surface area contributed by atoms with E-state index in [0.29, 0.717) is 0 Å². The molecule has 0 atom stereocenters. The summed E-state index contributed by atoms with van der Waals surface area (Å²) in [4.78, 5) is 4.58. The molecule has 0 N–H and O–H groups in total. The van der Waals surface area contributed by atoms with Crippen molar-refractivity contribution in [1.29, 1.82) is 0 Å². The van der Waals surface area contributed by atoms with Crippen molar-refractivity contribution in [3.05, 3.63) is 192 Å². The number of allylic oxidation sites excluding steroid dienone is 4. The van der Waals surface area contributed by atoms with Crippen LogP contribution in [0.5, 0.6) is 0 Å². The molecule has 1 heteroatoms. The average molecular weight is 550 g/mol. The quantitative estimate of drug-likeness (QED) is 0.208. The molecule has 0 fully saturated rings. The Labute approximate surface area is 253 Å². The molecule has 0 radical (unpaired) electrons. The molecule has 43 heavy (non-hydrogen) atoms. The van der Waals surface area contributed by atoms with E-state index in [4.69, 9.17) is 0 Å². The predicted octanol–water partition coefficient (Wildman–Crippen LogP) is 10.5. The number of benzene rings is 5. The maximum atomic E-state index is 4.58. The molecular formula is C42H31N. The first-order valence-corrected chi connectivity index (χ1v) is 15.1. The van der Waals surface area contributed by atoms with Crippen molar-refractivity contribution in [2.24, 2.45) is 0 Å². The highest BCUT2D eigenvalue weighted by Gasteiger charge is 2.48. The Bertz CT molecular complexity index is 1930. The molecule has 0 aliphatic heterocycles. The van der Waals surface area contributed by atoms with Crippen LogP contribution in [0, 0.1) is 0 Å². The molecule has 0 saturated heterocycles. The Morgan fingerprint density at radius 1 is 0.465 bits per heavy atom. The van der Waals surface area contributed by atoms with Crippen LogP contribution >= 0.6 is 0 Å². The minimum absolute atomic E-state index is 0.387. The van der Waals surface area contributed by atoms with Crippen molar-refractivity contribution in [2.75, 3.05) is 0 Å². The van der Waals surface area contributed by atoms with Crippen LogP contribution in [-0.4, -0.2) is 4.98 Å². The zero-order chi connectivity index (χ0) is 28.6. The fourth-order valence-corrected chi connectivity index (χ4v) is 7.18. The number of hydrogen-bond donors (Lipinski definition) is 0. The highest BCUT2D eigenvalue weighted by Crippen LogP contribution is 2.59. The number of hydrogen-bond acceptors (Lipinski definition) is 1. The summed E-state index contributed by atoms with van der Waals surface area (Å²) >= 11 is 0. The monoisotopic (exact) mass is 549 g/mol. The summed E-state index contributed by atoms with van der Waals surface area (Å²) in [6.45, 7) is 0. The number of pyridine rings is 1. The van der Waals surface area contributed by atoms with Crippen LogP contribution in [0.4, 0.5) is 0 Å². The Kier molecular flexibility index (Phi) is 6.23.